The lowest BCUT2D eigenvalue weighted by molar-refractivity contribution is -0.117. The summed E-state index contributed by atoms with van der Waals surface area (Å²) in [7, 11) is 0. The van der Waals surface area contributed by atoms with Gasteiger partial charge in [-0.2, -0.15) is 9.97 Å². The molecule has 2 fully saturated rings. The Morgan fingerprint density at radius 1 is 1.15 bits per heavy atom. The van der Waals surface area contributed by atoms with Crippen LogP contribution in [0.4, 0.5) is 11.6 Å². The first-order chi connectivity index (χ1) is 12.7. The van der Waals surface area contributed by atoms with E-state index in [0.717, 1.165) is 56.8 Å². The second kappa shape index (κ2) is 7.78. The van der Waals surface area contributed by atoms with Crippen molar-refractivity contribution in [3.05, 3.63) is 5.56 Å². The minimum absolute atomic E-state index is 0.0559. The van der Waals surface area contributed by atoms with E-state index < -0.39 is 0 Å². The third-order valence-electron chi connectivity index (χ3n) is 5.60. The van der Waals surface area contributed by atoms with Gasteiger partial charge in [0, 0.05) is 25.3 Å². The summed E-state index contributed by atoms with van der Waals surface area (Å²) in [6, 6.07) is 0.296. The number of rotatable bonds is 9. The third-order valence-corrected chi connectivity index (χ3v) is 5.60. The molecule has 1 aliphatic carbocycles. The zero-order valence-corrected chi connectivity index (χ0v) is 15.3. The van der Waals surface area contributed by atoms with Crippen LogP contribution in [0, 0.1) is 11.8 Å². The number of hydrogen-bond acceptors (Lipinski definition) is 6. The molecule has 1 unspecified atom stereocenters. The molecular weight excluding hydrogens is 332 g/mol. The fraction of sp³-hybridized carbons (Fsp3) is 0.737. The van der Waals surface area contributed by atoms with Crippen LogP contribution in [0.25, 0.3) is 0 Å². The van der Waals surface area contributed by atoms with E-state index in [2.05, 4.69) is 9.97 Å². The Bertz CT molecular complexity index is 656. The first kappa shape index (κ1) is 17.5. The number of nitrogens with two attached hydrogens (primary N) is 1. The zero-order chi connectivity index (χ0) is 17.9. The summed E-state index contributed by atoms with van der Waals surface area (Å²) in [6.45, 7) is 3.07. The summed E-state index contributed by atoms with van der Waals surface area (Å²) < 4.78 is 11.1. The molecule has 7 heteroatoms. The predicted molar refractivity (Wildman–Crippen MR) is 98.1 cm³/mol. The first-order valence-corrected chi connectivity index (χ1v) is 9.88. The summed E-state index contributed by atoms with van der Waals surface area (Å²) in [5.41, 5.74) is 6.80. The van der Waals surface area contributed by atoms with Gasteiger partial charge in [0.25, 0.3) is 0 Å². The second-order valence-electron chi connectivity index (χ2n) is 7.72. The molecule has 142 valence electrons. The number of unbranched alkanes of at least 4 members (excludes halogenated alkanes) is 1. The van der Waals surface area contributed by atoms with Crippen molar-refractivity contribution < 1.29 is 14.3 Å². The van der Waals surface area contributed by atoms with Gasteiger partial charge in [-0.1, -0.05) is 19.3 Å². The van der Waals surface area contributed by atoms with E-state index in [9.17, 15) is 4.79 Å². The lowest BCUT2D eigenvalue weighted by Crippen LogP contribution is -2.28. The lowest BCUT2D eigenvalue weighted by atomic mass is 10.0. The molecule has 7 nitrogen and oxygen atoms in total. The number of ether oxygens (including phenoxy) is 2. The SMILES string of the molecule is Nc1nc(OCCC2CC2)nc2c1CC(=O)N2CCCCC1CCOC1. The maximum absolute atomic E-state index is 12.4. The van der Waals surface area contributed by atoms with Gasteiger partial charge in [-0.15, -0.1) is 0 Å². The van der Waals surface area contributed by atoms with E-state index in [1.807, 2.05) is 0 Å². The van der Waals surface area contributed by atoms with Gasteiger partial charge in [0.05, 0.1) is 13.0 Å². The molecular formula is C19H28N4O3. The maximum Gasteiger partial charge on any atom is 0.320 e. The molecule has 3 aliphatic rings. The minimum Gasteiger partial charge on any atom is -0.463 e. The summed E-state index contributed by atoms with van der Waals surface area (Å²) in [6.07, 6.45) is 8.31. The monoisotopic (exact) mass is 360 g/mol. The molecule has 0 radical (unpaired) electrons. The Hall–Kier alpha value is -1.89. The molecule has 4 rings (SSSR count). The van der Waals surface area contributed by atoms with Crippen molar-refractivity contribution in [1.82, 2.24) is 9.97 Å². The Kier molecular flexibility index (Phi) is 5.24. The van der Waals surface area contributed by atoms with Gasteiger partial charge >= 0.3 is 6.01 Å². The normalized spacial score (nSPS) is 22.1. The van der Waals surface area contributed by atoms with Crippen molar-refractivity contribution in [1.29, 1.82) is 0 Å². The highest BCUT2D eigenvalue weighted by Crippen LogP contribution is 2.34. The van der Waals surface area contributed by atoms with Gasteiger partial charge in [-0.25, -0.2) is 0 Å². The molecule has 1 amide bonds. The van der Waals surface area contributed by atoms with Gasteiger partial charge in [0.15, 0.2) is 0 Å². The van der Waals surface area contributed by atoms with E-state index in [-0.39, 0.29) is 5.91 Å². The molecule has 1 aromatic rings. The Balaban J connectivity index is 1.34. The van der Waals surface area contributed by atoms with Crippen LogP contribution < -0.4 is 15.4 Å². The number of anilines is 2. The van der Waals surface area contributed by atoms with Gasteiger partial charge < -0.3 is 15.2 Å². The number of amides is 1. The van der Waals surface area contributed by atoms with Crippen LogP contribution in [-0.2, 0) is 16.0 Å². The third kappa shape index (κ3) is 4.09. The van der Waals surface area contributed by atoms with Crippen LogP contribution in [0.5, 0.6) is 6.01 Å². The van der Waals surface area contributed by atoms with Crippen molar-refractivity contribution in [2.75, 3.05) is 37.0 Å². The Labute approximate surface area is 154 Å². The Morgan fingerprint density at radius 3 is 2.81 bits per heavy atom. The molecule has 26 heavy (non-hydrogen) atoms. The fourth-order valence-electron chi connectivity index (χ4n) is 3.76. The van der Waals surface area contributed by atoms with Crippen molar-refractivity contribution in [3.63, 3.8) is 0 Å². The maximum atomic E-state index is 12.4. The van der Waals surface area contributed by atoms with Gasteiger partial charge in [0.1, 0.15) is 11.6 Å². The minimum atomic E-state index is 0.0559. The molecule has 1 atom stereocenters. The highest BCUT2D eigenvalue weighted by Gasteiger charge is 2.32. The van der Waals surface area contributed by atoms with Crippen LogP contribution in [0.15, 0.2) is 0 Å². The summed E-state index contributed by atoms with van der Waals surface area (Å²) in [5, 5.41) is 0. The smallest absolute Gasteiger partial charge is 0.320 e. The van der Waals surface area contributed by atoms with E-state index in [0.29, 0.717) is 43.1 Å². The van der Waals surface area contributed by atoms with Gasteiger partial charge in [-0.05, 0) is 37.5 Å². The van der Waals surface area contributed by atoms with E-state index in [1.54, 1.807) is 4.90 Å². The average molecular weight is 360 g/mol. The van der Waals surface area contributed by atoms with Crippen LogP contribution in [0.1, 0.15) is 50.5 Å². The van der Waals surface area contributed by atoms with Crippen LogP contribution in [0.2, 0.25) is 0 Å². The zero-order valence-electron chi connectivity index (χ0n) is 15.3. The highest BCUT2D eigenvalue weighted by molar-refractivity contribution is 6.01. The summed E-state index contributed by atoms with van der Waals surface area (Å²) in [4.78, 5) is 22.9. The predicted octanol–water partition coefficient (Wildman–Crippen LogP) is 2.33. The van der Waals surface area contributed by atoms with E-state index in [1.165, 1.54) is 12.8 Å². The van der Waals surface area contributed by atoms with Crippen LogP contribution in [0.3, 0.4) is 0 Å². The standard InChI is InChI=1S/C19H28N4O3/c20-17-15-11-16(24)23(8-2-1-3-14-6-9-25-12-14)18(15)22-19(21-17)26-10-7-13-4-5-13/h13-14H,1-12H2,(H2,20,21,22). The fourth-order valence-corrected chi connectivity index (χ4v) is 3.76. The quantitative estimate of drug-likeness (QED) is 0.680. The van der Waals surface area contributed by atoms with Crippen molar-refractivity contribution in [2.45, 2.75) is 51.4 Å². The lowest BCUT2D eigenvalue weighted by Gasteiger charge is -2.17. The molecule has 1 saturated heterocycles. The number of nitrogens with zero attached hydrogens (tertiary/aromatic N) is 3. The van der Waals surface area contributed by atoms with Gasteiger partial charge in [0.2, 0.25) is 5.91 Å². The number of carbonyl (C=O) groups is 1. The largest absolute Gasteiger partial charge is 0.463 e. The molecule has 3 heterocycles. The molecule has 0 bridgehead atoms. The molecule has 1 aromatic heterocycles. The first-order valence-electron chi connectivity index (χ1n) is 9.88. The summed E-state index contributed by atoms with van der Waals surface area (Å²) >= 11 is 0. The number of aromatic nitrogens is 2. The number of nitrogen functional groups attached to an aromatic ring is 1. The van der Waals surface area contributed by atoms with Crippen LogP contribution in [-0.4, -0.2) is 42.2 Å². The topological polar surface area (TPSA) is 90.6 Å². The molecule has 1 saturated carbocycles. The highest BCUT2D eigenvalue weighted by atomic mass is 16.5. The van der Waals surface area contributed by atoms with E-state index >= 15 is 0 Å². The molecule has 0 aromatic carbocycles. The summed E-state index contributed by atoms with van der Waals surface area (Å²) in [5.74, 6) is 2.55. The van der Waals surface area contributed by atoms with Crippen molar-refractivity contribution >= 4 is 17.5 Å². The van der Waals surface area contributed by atoms with Crippen molar-refractivity contribution in [3.8, 4) is 6.01 Å². The number of fused-ring (bicyclic) bond motifs is 1. The molecule has 2 N–H and O–H groups in total. The van der Waals surface area contributed by atoms with Gasteiger partial charge in [-0.3, -0.25) is 9.69 Å². The Morgan fingerprint density at radius 2 is 2.04 bits per heavy atom. The van der Waals surface area contributed by atoms with E-state index in [4.69, 9.17) is 15.2 Å². The number of carbonyl (C=O) groups excluding carboxylic acids is 1. The molecule has 0 spiro atoms. The van der Waals surface area contributed by atoms with Crippen molar-refractivity contribution in [2.24, 2.45) is 11.8 Å². The number of hydrogen-bond donors (Lipinski definition) is 1. The average Bonchev–Trinajstić information content (AvgIpc) is 3.18. The second-order valence-corrected chi connectivity index (χ2v) is 7.72. The van der Waals surface area contributed by atoms with Crippen LogP contribution >= 0.6 is 0 Å². The molecule has 2 aliphatic heterocycles.